The normalized spacial score (nSPS) is 14.0. The first kappa shape index (κ1) is 9.14. The third kappa shape index (κ3) is 8.14. The van der Waals surface area contributed by atoms with E-state index in [0.29, 0.717) is 6.04 Å². The predicted molar refractivity (Wildman–Crippen MR) is 45.9 cm³/mol. The molecule has 0 radical (unpaired) electrons. The van der Waals surface area contributed by atoms with Gasteiger partial charge in [0.15, 0.2) is 0 Å². The van der Waals surface area contributed by atoms with Crippen LogP contribution in [-0.4, -0.2) is 29.4 Å². The van der Waals surface area contributed by atoms with Crippen LogP contribution in [0.5, 0.6) is 0 Å². The SMILES string of the molecule is CC(N)CNCCC[SiH3]. The molecule has 0 rings (SSSR count). The van der Waals surface area contributed by atoms with Gasteiger partial charge in [-0.15, -0.1) is 0 Å². The lowest BCUT2D eigenvalue weighted by Crippen LogP contribution is -2.31. The molecule has 0 aliphatic rings. The molecule has 56 valence electrons. The van der Waals surface area contributed by atoms with Crippen LogP contribution in [0.3, 0.4) is 0 Å². The van der Waals surface area contributed by atoms with Gasteiger partial charge in [-0.1, -0.05) is 6.04 Å². The quantitative estimate of drug-likeness (QED) is 0.389. The Morgan fingerprint density at radius 1 is 1.67 bits per heavy atom. The van der Waals surface area contributed by atoms with Crippen molar-refractivity contribution in [2.75, 3.05) is 13.1 Å². The number of nitrogens with one attached hydrogen (secondary N) is 1. The van der Waals surface area contributed by atoms with E-state index in [1.807, 2.05) is 6.92 Å². The van der Waals surface area contributed by atoms with Gasteiger partial charge in [-0.05, 0) is 19.9 Å². The van der Waals surface area contributed by atoms with Gasteiger partial charge in [0.05, 0.1) is 0 Å². The van der Waals surface area contributed by atoms with Crippen LogP contribution in [0.25, 0.3) is 0 Å². The summed E-state index contributed by atoms with van der Waals surface area (Å²) in [6.07, 6.45) is 1.32. The van der Waals surface area contributed by atoms with Crippen LogP contribution in [0, 0.1) is 0 Å². The lowest BCUT2D eigenvalue weighted by molar-refractivity contribution is 0.603. The zero-order chi connectivity index (χ0) is 7.11. The van der Waals surface area contributed by atoms with Gasteiger partial charge in [-0.3, -0.25) is 0 Å². The maximum Gasteiger partial charge on any atom is 0.0136 e. The van der Waals surface area contributed by atoms with Crippen LogP contribution >= 0.6 is 0 Å². The Morgan fingerprint density at radius 2 is 2.33 bits per heavy atom. The molecule has 0 amide bonds. The van der Waals surface area contributed by atoms with Crippen molar-refractivity contribution in [2.24, 2.45) is 5.73 Å². The first-order chi connectivity index (χ1) is 4.27. The minimum atomic E-state index is 0.305. The molecule has 2 nitrogen and oxygen atoms in total. The third-order valence-electron chi connectivity index (χ3n) is 1.17. The molecule has 0 saturated heterocycles. The summed E-state index contributed by atoms with van der Waals surface area (Å²) in [6.45, 7) is 4.13. The highest BCUT2D eigenvalue weighted by atomic mass is 28.1. The van der Waals surface area contributed by atoms with Gasteiger partial charge in [0.25, 0.3) is 0 Å². The van der Waals surface area contributed by atoms with Crippen LogP contribution in [0.15, 0.2) is 0 Å². The van der Waals surface area contributed by atoms with Gasteiger partial charge < -0.3 is 11.1 Å². The molecule has 1 atom stereocenters. The molecule has 0 spiro atoms. The summed E-state index contributed by atoms with van der Waals surface area (Å²) in [5.41, 5.74) is 5.52. The smallest absolute Gasteiger partial charge is 0.0136 e. The first-order valence-corrected chi connectivity index (χ1v) is 5.15. The van der Waals surface area contributed by atoms with Crippen LogP contribution in [0.1, 0.15) is 13.3 Å². The highest BCUT2D eigenvalue weighted by Crippen LogP contribution is 1.79. The van der Waals surface area contributed by atoms with Gasteiger partial charge in [0, 0.05) is 22.8 Å². The molecular formula is C6H18N2Si. The van der Waals surface area contributed by atoms with Crippen molar-refractivity contribution in [3.63, 3.8) is 0 Å². The van der Waals surface area contributed by atoms with E-state index < -0.39 is 0 Å². The van der Waals surface area contributed by atoms with E-state index in [2.05, 4.69) is 5.32 Å². The standard InChI is InChI=1S/C6H18N2Si/c1-6(7)5-8-3-2-4-9/h6,8H,2-5,7H2,1,9H3. The average Bonchev–Trinajstić information content (AvgIpc) is 1.80. The second-order valence-corrected chi connectivity index (χ2v) is 3.53. The Hall–Kier alpha value is 0.137. The lowest BCUT2D eigenvalue weighted by Gasteiger charge is -2.05. The fraction of sp³-hybridized carbons (Fsp3) is 1.00. The van der Waals surface area contributed by atoms with Crippen LogP contribution in [-0.2, 0) is 0 Å². The topological polar surface area (TPSA) is 38.0 Å². The zero-order valence-corrected chi connectivity index (χ0v) is 8.48. The van der Waals surface area contributed by atoms with Crippen LogP contribution in [0.4, 0.5) is 0 Å². The summed E-state index contributed by atoms with van der Waals surface area (Å²) in [5.74, 6) is 0. The molecule has 0 aromatic carbocycles. The summed E-state index contributed by atoms with van der Waals surface area (Å²) in [5, 5.41) is 3.28. The molecule has 0 heterocycles. The predicted octanol–water partition coefficient (Wildman–Crippen LogP) is -0.903. The van der Waals surface area contributed by atoms with E-state index in [1.54, 1.807) is 0 Å². The Kier molecular flexibility index (Phi) is 6.35. The fourth-order valence-corrected chi connectivity index (χ4v) is 0.985. The summed E-state index contributed by atoms with van der Waals surface area (Å²) < 4.78 is 0. The van der Waals surface area contributed by atoms with Crippen LogP contribution < -0.4 is 11.1 Å². The molecular weight excluding hydrogens is 128 g/mol. The second kappa shape index (κ2) is 6.26. The van der Waals surface area contributed by atoms with Crippen molar-refractivity contribution in [3.8, 4) is 0 Å². The largest absolute Gasteiger partial charge is 0.327 e. The van der Waals surface area contributed by atoms with Crippen molar-refractivity contribution in [3.05, 3.63) is 0 Å². The van der Waals surface area contributed by atoms with E-state index in [1.165, 1.54) is 22.7 Å². The number of hydrogen-bond acceptors (Lipinski definition) is 2. The number of hydrogen-bond donors (Lipinski definition) is 2. The summed E-state index contributed by atoms with van der Waals surface area (Å²) in [6, 6.07) is 1.70. The maximum absolute atomic E-state index is 5.52. The van der Waals surface area contributed by atoms with Crippen molar-refractivity contribution >= 4 is 10.2 Å². The molecule has 1 unspecified atom stereocenters. The molecule has 0 aromatic heterocycles. The van der Waals surface area contributed by atoms with Crippen LogP contribution in [0.2, 0.25) is 6.04 Å². The number of rotatable bonds is 5. The Labute approximate surface area is 60.6 Å². The lowest BCUT2D eigenvalue weighted by atomic mass is 10.3. The molecule has 3 heteroatoms. The fourth-order valence-electron chi connectivity index (χ4n) is 0.632. The molecule has 9 heavy (non-hydrogen) atoms. The summed E-state index contributed by atoms with van der Waals surface area (Å²) >= 11 is 0. The van der Waals surface area contributed by atoms with E-state index >= 15 is 0 Å². The van der Waals surface area contributed by atoms with Crippen molar-refractivity contribution in [1.29, 1.82) is 0 Å². The average molecular weight is 146 g/mol. The molecule has 0 aliphatic heterocycles. The van der Waals surface area contributed by atoms with Gasteiger partial charge >= 0.3 is 0 Å². The molecule has 0 bridgehead atoms. The second-order valence-electron chi connectivity index (χ2n) is 2.53. The molecule has 0 saturated carbocycles. The highest BCUT2D eigenvalue weighted by molar-refractivity contribution is 6.08. The Balaban J connectivity index is 2.75. The van der Waals surface area contributed by atoms with Gasteiger partial charge in [0.2, 0.25) is 0 Å². The number of nitrogens with two attached hydrogens (primary N) is 1. The third-order valence-corrected chi connectivity index (χ3v) is 1.88. The summed E-state index contributed by atoms with van der Waals surface area (Å²) in [7, 11) is 1.33. The summed E-state index contributed by atoms with van der Waals surface area (Å²) in [4.78, 5) is 0. The molecule has 0 fully saturated rings. The molecule has 0 aromatic rings. The maximum atomic E-state index is 5.52. The molecule has 0 aliphatic carbocycles. The monoisotopic (exact) mass is 146 g/mol. The Bertz CT molecular complexity index is 57.0. The van der Waals surface area contributed by atoms with Gasteiger partial charge in [-0.2, -0.15) is 0 Å². The Morgan fingerprint density at radius 3 is 2.78 bits per heavy atom. The zero-order valence-electron chi connectivity index (χ0n) is 6.48. The van der Waals surface area contributed by atoms with E-state index in [0.717, 1.165) is 13.1 Å². The minimum Gasteiger partial charge on any atom is -0.327 e. The first-order valence-electron chi connectivity index (χ1n) is 3.73. The molecule has 3 N–H and O–H groups in total. The highest BCUT2D eigenvalue weighted by Gasteiger charge is 1.89. The van der Waals surface area contributed by atoms with E-state index in [-0.39, 0.29) is 0 Å². The van der Waals surface area contributed by atoms with E-state index in [4.69, 9.17) is 5.73 Å². The minimum absolute atomic E-state index is 0.305. The van der Waals surface area contributed by atoms with Crippen molar-refractivity contribution in [2.45, 2.75) is 25.4 Å². The van der Waals surface area contributed by atoms with Gasteiger partial charge in [0.1, 0.15) is 0 Å². The van der Waals surface area contributed by atoms with Crippen molar-refractivity contribution in [1.82, 2.24) is 5.32 Å². The van der Waals surface area contributed by atoms with Gasteiger partial charge in [-0.25, -0.2) is 0 Å². The van der Waals surface area contributed by atoms with Crippen molar-refractivity contribution < 1.29 is 0 Å². The van der Waals surface area contributed by atoms with E-state index in [9.17, 15) is 0 Å².